The van der Waals surface area contributed by atoms with E-state index in [4.69, 9.17) is 0 Å². The minimum absolute atomic E-state index is 0.664. The SMILES string of the molecule is c1ccc(C2CCCN2CN2CCCC2)cc1. The second-order valence-corrected chi connectivity index (χ2v) is 5.35. The van der Waals surface area contributed by atoms with Crippen molar-refractivity contribution in [1.29, 1.82) is 0 Å². The molecule has 2 nitrogen and oxygen atoms in total. The van der Waals surface area contributed by atoms with Crippen LogP contribution >= 0.6 is 0 Å². The topological polar surface area (TPSA) is 6.48 Å². The molecule has 0 spiro atoms. The van der Waals surface area contributed by atoms with Gasteiger partial charge in [0.15, 0.2) is 0 Å². The number of hydrogen-bond acceptors (Lipinski definition) is 2. The van der Waals surface area contributed by atoms with Crippen molar-refractivity contribution < 1.29 is 0 Å². The molecular formula is C15H22N2. The molecule has 1 atom stereocenters. The fourth-order valence-electron chi connectivity index (χ4n) is 3.23. The molecular weight excluding hydrogens is 208 g/mol. The van der Waals surface area contributed by atoms with Gasteiger partial charge in [0.1, 0.15) is 0 Å². The van der Waals surface area contributed by atoms with Crippen LogP contribution in [0.4, 0.5) is 0 Å². The Bertz CT molecular complexity index is 343. The number of rotatable bonds is 3. The molecule has 0 saturated carbocycles. The maximum Gasteiger partial charge on any atom is 0.0511 e. The van der Waals surface area contributed by atoms with Crippen LogP contribution in [0.5, 0.6) is 0 Å². The fourth-order valence-corrected chi connectivity index (χ4v) is 3.23. The van der Waals surface area contributed by atoms with Gasteiger partial charge in [-0.05, 0) is 44.3 Å². The highest BCUT2D eigenvalue weighted by Gasteiger charge is 2.27. The van der Waals surface area contributed by atoms with E-state index in [1.54, 1.807) is 0 Å². The van der Waals surface area contributed by atoms with Crippen molar-refractivity contribution in [1.82, 2.24) is 9.80 Å². The van der Waals surface area contributed by atoms with Gasteiger partial charge in [0.05, 0.1) is 6.67 Å². The van der Waals surface area contributed by atoms with Crippen LogP contribution in [0.2, 0.25) is 0 Å². The zero-order valence-electron chi connectivity index (χ0n) is 10.5. The molecule has 3 rings (SSSR count). The van der Waals surface area contributed by atoms with Crippen LogP contribution in [-0.4, -0.2) is 36.1 Å². The second kappa shape index (κ2) is 5.19. The molecule has 0 bridgehead atoms. The van der Waals surface area contributed by atoms with Crippen molar-refractivity contribution in [3.63, 3.8) is 0 Å². The Labute approximate surface area is 104 Å². The molecule has 0 aliphatic carbocycles. The van der Waals surface area contributed by atoms with Gasteiger partial charge in [0, 0.05) is 12.6 Å². The molecule has 0 N–H and O–H groups in total. The Morgan fingerprint density at radius 3 is 2.47 bits per heavy atom. The zero-order valence-corrected chi connectivity index (χ0v) is 10.5. The van der Waals surface area contributed by atoms with E-state index in [1.165, 1.54) is 57.5 Å². The first-order valence-corrected chi connectivity index (χ1v) is 6.95. The molecule has 2 aliphatic rings. The lowest BCUT2D eigenvalue weighted by Gasteiger charge is -2.29. The molecule has 2 heteroatoms. The van der Waals surface area contributed by atoms with E-state index in [0.717, 1.165) is 0 Å². The van der Waals surface area contributed by atoms with Gasteiger partial charge in [-0.15, -0.1) is 0 Å². The van der Waals surface area contributed by atoms with Crippen LogP contribution in [0, 0.1) is 0 Å². The molecule has 1 unspecified atom stereocenters. The molecule has 92 valence electrons. The summed E-state index contributed by atoms with van der Waals surface area (Å²) in [6.07, 6.45) is 5.47. The summed E-state index contributed by atoms with van der Waals surface area (Å²) in [5.41, 5.74) is 1.50. The van der Waals surface area contributed by atoms with E-state index in [-0.39, 0.29) is 0 Å². The summed E-state index contributed by atoms with van der Waals surface area (Å²) < 4.78 is 0. The van der Waals surface area contributed by atoms with Crippen LogP contribution < -0.4 is 0 Å². The summed E-state index contributed by atoms with van der Waals surface area (Å²) in [6.45, 7) is 5.06. The van der Waals surface area contributed by atoms with Gasteiger partial charge in [-0.1, -0.05) is 30.3 Å². The fraction of sp³-hybridized carbons (Fsp3) is 0.600. The van der Waals surface area contributed by atoms with Crippen LogP contribution in [0.3, 0.4) is 0 Å². The Hall–Kier alpha value is -0.860. The normalized spacial score (nSPS) is 26.7. The number of hydrogen-bond donors (Lipinski definition) is 0. The second-order valence-electron chi connectivity index (χ2n) is 5.35. The van der Waals surface area contributed by atoms with Gasteiger partial charge in [0.25, 0.3) is 0 Å². The van der Waals surface area contributed by atoms with Crippen LogP contribution in [0.25, 0.3) is 0 Å². The van der Waals surface area contributed by atoms with Gasteiger partial charge in [-0.2, -0.15) is 0 Å². The largest absolute Gasteiger partial charge is 0.290 e. The third kappa shape index (κ3) is 2.53. The predicted molar refractivity (Wildman–Crippen MR) is 70.8 cm³/mol. The van der Waals surface area contributed by atoms with Gasteiger partial charge >= 0.3 is 0 Å². The maximum absolute atomic E-state index is 2.67. The first-order chi connectivity index (χ1) is 8.43. The summed E-state index contributed by atoms with van der Waals surface area (Å²) in [7, 11) is 0. The van der Waals surface area contributed by atoms with Crippen molar-refractivity contribution >= 4 is 0 Å². The Balaban J connectivity index is 1.67. The summed E-state index contributed by atoms with van der Waals surface area (Å²) in [5.74, 6) is 0. The lowest BCUT2D eigenvalue weighted by Crippen LogP contribution is -2.35. The monoisotopic (exact) mass is 230 g/mol. The van der Waals surface area contributed by atoms with E-state index in [9.17, 15) is 0 Å². The number of benzene rings is 1. The van der Waals surface area contributed by atoms with Crippen molar-refractivity contribution in [2.45, 2.75) is 31.7 Å². The highest BCUT2D eigenvalue weighted by Crippen LogP contribution is 2.32. The average molecular weight is 230 g/mol. The average Bonchev–Trinajstić information content (AvgIpc) is 3.02. The Morgan fingerprint density at radius 2 is 1.71 bits per heavy atom. The minimum Gasteiger partial charge on any atom is -0.290 e. The Morgan fingerprint density at radius 1 is 0.941 bits per heavy atom. The van der Waals surface area contributed by atoms with E-state index in [2.05, 4.69) is 40.1 Å². The predicted octanol–water partition coefficient (Wildman–Crippen LogP) is 2.88. The van der Waals surface area contributed by atoms with Crippen LogP contribution in [-0.2, 0) is 0 Å². The van der Waals surface area contributed by atoms with Crippen molar-refractivity contribution in [2.24, 2.45) is 0 Å². The lowest BCUT2D eigenvalue weighted by atomic mass is 10.1. The standard InChI is InChI=1S/C15H22N2/c1-2-7-14(8-3-1)15-9-6-12-17(15)13-16-10-4-5-11-16/h1-3,7-8,15H,4-6,9-13H2. The molecule has 0 amide bonds. The summed E-state index contributed by atoms with van der Waals surface area (Å²) in [6, 6.07) is 11.7. The highest BCUT2D eigenvalue weighted by molar-refractivity contribution is 5.19. The number of likely N-dealkylation sites (tertiary alicyclic amines) is 2. The molecule has 2 saturated heterocycles. The first kappa shape index (κ1) is 11.2. The third-order valence-corrected chi connectivity index (χ3v) is 4.13. The third-order valence-electron chi connectivity index (χ3n) is 4.13. The van der Waals surface area contributed by atoms with Crippen LogP contribution in [0.15, 0.2) is 30.3 Å². The number of nitrogens with zero attached hydrogens (tertiary/aromatic N) is 2. The highest BCUT2D eigenvalue weighted by atomic mass is 15.3. The molecule has 0 aromatic heterocycles. The van der Waals surface area contributed by atoms with E-state index in [1.807, 2.05) is 0 Å². The summed E-state index contributed by atoms with van der Waals surface area (Å²) in [4.78, 5) is 5.28. The summed E-state index contributed by atoms with van der Waals surface area (Å²) >= 11 is 0. The molecule has 2 heterocycles. The quantitative estimate of drug-likeness (QED) is 0.788. The smallest absolute Gasteiger partial charge is 0.0511 e. The van der Waals surface area contributed by atoms with Crippen molar-refractivity contribution in [2.75, 3.05) is 26.3 Å². The van der Waals surface area contributed by atoms with Crippen molar-refractivity contribution in [3.05, 3.63) is 35.9 Å². The molecule has 1 aromatic carbocycles. The lowest BCUT2D eigenvalue weighted by molar-refractivity contribution is 0.142. The maximum atomic E-state index is 2.67. The van der Waals surface area contributed by atoms with E-state index < -0.39 is 0 Å². The van der Waals surface area contributed by atoms with Crippen LogP contribution in [0.1, 0.15) is 37.3 Å². The zero-order chi connectivity index (χ0) is 11.5. The van der Waals surface area contributed by atoms with Gasteiger partial charge in [-0.3, -0.25) is 9.80 Å². The van der Waals surface area contributed by atoms with Gasteiger partial charge in [0.2, 0.25) is 0 Å². The van der Waals surface area contributed by atoms with E-state index in [0.29, 0.717) is 6.04 Å². The molecule has 2 fully saturated rings. The summed E-state index contributed by atoms with van der Waals surface area (Å²) in [5, 5.41) is 0. The van der Waals surface area contributed by atoms with Gasteiger partial charge in [-0.25, -0.2) is 0 Å². The minimum atomic E-state index is 0.664. The Kier molecular flexibility index (Phi) is 3.44. The molecule has 17 heavy (non-hydrogen) atoms. The molecule has 0 radical (unpaired) electrons. The van der Waals surface area contributed by atoms with E-state index >= 15 is 0 Å². The molecule has 1 aromatic rings. The van der Waals surface area contributed by atoms with Gasteiger partial charge < -0.3 is 0 Å². The molecule has 2 aliphatic heterocycles. The first-order valence-electron chi connectivity index (χ1n) is 6.95. The van der Waals surface area contributed by atoms with Crippen molar-refractivity contribution in [3.8, 4) is 0 Å².